The summed E-state index contributed by atoms with van der Waals surface area (Å²) in [6, 6.07) is 6.31. The first kappa shape index (κ1) is 18.5. The van der Waals surface area contributed by atoms with Gasteiger partial charge in [-0.05, 0) is 43.9 Å². The summed E-state index contributed by atoms with van der Waals surface area (Å²) >= 11 is 0. The smallest absolute Gasteiger partial charge is 0.298 e. The largest absolute Gasteiger partial charge is 0.486 e. The topological polar surface area (TPSA) is 73.6 Å². The van der Waals surface area contributed by atoms with E-state index in [0.29, 0.717) is 17.9 Å². The fraction of sp³-hybridized carbons (Fsp3) is 0.474. The van der Waals surface area contributed by atoms with Crippen molar-refractivity contribution < 1.29 is 19.0 Å². The monoisotopic (exact) mass is 362 g/mol. The van der Waals surface area contributed by atoms with Crippen molar-refractivity contribution in [1.82, 2.24) is 9.55 Å². The Morgan fingerprint density at radius 1 is 1.42 bits per heavy atom. The number of benzene rings is 1. The summed E-state index contributed by atoms with van der Waals surface area (Å²) in [6.45, 7) is 3.69. The summed E-state index contributed by atoms with van der Waals surface area (Å²) in [6.07, 6.45) is 0.678. The van der Waals surface area contributed by atoms with Gasteiger partial charge in [0.25, 0.3) is 5.56 Å². The predicted molar refractivity (Wildman–Crippen MR) is 93.7 cm³/mol. The molecule has 0 amide bonds. The minimum atomic E-state index is -0.493. The zero-order valence-corrected chi connectivity index (χ0v) is 15.2. The second kappa shape index (κ2) is 7.17. The van der Waals surface area contributed by atoms with Crippen molar-refractivity contribution in [2.75, 3.05) is 20.3 Å². The standard InChI is InChI=1S/C19H23FN2O4/c1-12-17(18(24)22(11-25-3)13(2)21-12)26-10-19(8-15(19)9-23)14-5-4-6-16(20)7-14/h4-7,15,23H,8-11H2,1-3H3/t15-,19+/m0/s1. The minimum Gasteiger partial charge on any atom is -0.486 e. The van der Waals surface area contributed by atoms with E-state index in [0.717, 1.165) is 5.56 Å². The van der Waals surface area contributed by atoms with Crippen LogP contribution in [0, 0.1) is 25.6 Å². The van der Waals surface area contributed by atoms with E-state index < -0.39 is 5.41 Å². The van der Waals surface area contributed by atoms with Crippen LogP contribution in [-0.4, -0.2) is 35.0 Å². The van der Waals surface area contributed by atoms with E-state index in [1.165, 1.54) is 23.8 Å². The van der Waals surface area contributed by atoms with E-state index in [2.05, 4.69) is 4.98 Å². The van der Waals surface area contributed by atoms with Crippen molar-refractivity contribution in [2.45, 2.75) is 32.4 Å². The number of nitrogens with zero attached hydrogens (tertiary/aromatic N) is 2. The molecule has 0 radical (unpaired) electrons. The molecule has 7 heteroatoms. The normalized spacial score (nSPS) is 21.7. The Morgan fingerprint density at radius 2 is 2.19 bits per heavy atom. The first-order valence-corrected chi connectivity index (χ1v) is 8.49. The second-order valence-corrected chi connectivity index (χ2v) is 6.76. The number of aromatic nitrogens is 2. The van der Waals surface area contributed by atoms with E-state index in [4.69, 9.17) is 9.47 Å². The molecule has 26 heavy (non-hydrogen) atoms. The van der Waals surface area contributed by atoms with Crippen LogP contribution in [0.4, 0.5) is 4.39 Å². The van der Waals surface area contributed by atoms with Crippen LogP contribution in [0.2, 0.25) is 0 Å². The molecule has 1 aromatic carbocycles. The summed E-state index contributed by atoms with van der Waals surface area (Å²) in [5.74, 6) is 0.346. The number of rotatable bonds is 7. The van der Waals surface area contributed by atoms with Gasteiger partial charge in [0.2, 0.25) is 5.75 Å². The molecule has 0 saturated heterocycles. The van der Waals surface area contributed by atoms with Gasteiger partial charge in [0, 0.05) is 19.1 Å². The van der Waals surface area contributed by atoms with E-state index in [1.54, 1.807) is 19.9 Å². The predicted octanol–water partition coefficient (Wildman–Crippen LogP) is 1.93. The molecule has 6 nitrogen and oxygen atoms in total. The van der Waals surface area contributed by atoms with Crippen LogP contribution in [-0.2, 0) is 16.9 Å². The highest BCUT2D eigenvalue weighted by Crippen LogP contribution is 2.54. The van der Waals surface area contributed by atoms with Gasteiger partial charge in [-0.2, -0.15) is 0 Å². The highest BCUT2D eigenvalue weighted by molar-refractivity contribution is 5.35. The molecule has 1 aromatic heterocycles. The van der Waals surface area contributed by atoms with Crippen LogP contribution < -0.4 is 10.3 Å². The summed E-state index contributed by atoms with van der Waals surface area (Å²) < 4.78 is 26.0. The molecule has 1 saturated carbocycles. The van der Waals surface area contributed by atoms with Crippen LogP contribution in [0.5, 0.6) is 5.75 Å². The van der Waals surface area contributed by atoms with Gasteiger partial charge in [0.1, 0.15) is 18.4 Å². The van der Waals surface area contributed by atoms with E-state index in [-0.39, 0.29) is 43.0 Å². The third kappa shape index (κ3) is 3.24. The lowest BCUT2D eigenvalue weighted by atomic mass is 9.94. The first-order chi connectivity index (χ1) is 12.4. The van der Waals surface area contributed by atoms with Gasteiger partial charge in [-0.1, -0.05) is 12.1 Å². The van der Waals surface area contributed by atoms with Crippen LogP contribution in [0.1, 0.15) is 23.5 Å². The molecular weight excluding hydrogens is 339 g/mol. The third-order valence-corrected chi connectivity index (χ3v) is 5.07. The number of aliphatic hydroxyl groups excluding tert-OH is 1. The minimum absolute atomic E-state index is 0.0150. The number of halogens is 1. The Bertz CT molecular complexity index is 867. The summed E-state index contributed by atoms with van der Waals surface area (Å²) in [5.41, 5.74) is 0.460. The molecule has 0 aliphatic heterocycles. The van der Waals surface area contributed by atoms with Gasteiger partial charge in [-0.3, -0.25) is 9.36 Å². The van der Waals surface area contributed by atoms with Crippen LogP contribution in [0.15, 0.2) is 29.1 Å². The molecule has 3 rings (SSSR count). The maximum atomic E-state index is 13.6. The van der Waals surface area contributed by atoms with Crippen molar-refractivity contribution in [3.05, 3.63) is 57.5 Å². The van der Waals surface area contributed by atoms with Crippen molar-refractivity contribution in [3.8, 4) is 5.75 Å². The zero-order valence-electron chi connectivity index (χ0n) is 15.2. The fourth-order valence-electron chi connectivity index (χ4n) is 3.46. The van der Waals surface area contributed by atoms with E-state index in [9.17, 15) is 14.3 Å². The number of aliphatic hydroxyl groups is 1. The Balaban J connectivity index is 1.90. The molecule has 0 bridgehead atoms. The Labute approximate surface area is 151 Å². The van der Waals surface area contributed by atoms with Crippen LogP contribution >= 0.6 is 0 Å². The van der Waals surface area contributed by atoms with Gasteiger partial charge >= 0.3 is 0 Å². The molecule has 140 valence electrons. The molecule has 1 N–H and O–H groups in total. The van der Waals surface area contributed by atoms with Gasteiger partial charge in [0.05, 0.1) is 12.3 Å². The lowest BCUT2D eigenvalue weighted by Gasteiger charge is -2.20. The Hall–Kier alpha value is -2.25. The zero-order chi connectivity index (χ0) is 18.9. The Kier molecular flexibility index (Phi) is 5.11. The average Bonchev–Trinajstić information content (AvgIpc) is 3.33. The fourth-order valence-corrected chi connectivity index (χ4v) is 3.46. The second-order valence-electron chi connectivity index (χ2n) is 6.76. The van der Waals surface area contributed by atoms with Crippen molar-refractivity contribution in [3.63, 3.8) is 0 Å². The molecule has 1 fully saturated rings. The number of methoxy groups -OCH3 is 1. The highest BCUT2D eigenvalue weighted by atomic mass is 19.1. The number of hydrogen-bond donors (Lipinski definition) is 1. The summed E-state index contributed by atoms with van der Waals surface area (Å²) in [4.78, 5) is 17.0. The lowest BCUT2D eigenvalue weighted by molar-refractivity contribution is 0.123. The van der Waals surface area contributed by atoms with Gasteiger partial charge < -0.3 is 14.6 Å². The molecule has 2 atom stereocenters. The summed E-state index contributed by atoms with van der Waals surface area (Å²) in [5, 5.41) is 9.59. The van der Waals surface area contributed by atoms with Gasteiger partial charge in [-0.15, -0.1) is 0 Å². The molecule has 1 heterocycles. The molecule has 2 aromatic rings. The first-order valence-electron chi connectivity index (χ1n) is 8.49. The van der Waals surface area contributed by atoms with Crippen LogP contribution in [0.3, 0.4) is 0 Å². The Morgan fingerprint density at radius 3 is 2.81 bits per heavy atom. The quantitative estimate of drug-likeness (QED) is 0.815. The lowest BCUT2D eigenvalue weighted by Crippen LogP contribution is -2.30. The maximum Gasteiger partial charge on any atom is 0.298 e. The van der Waals surface area contributed by atoms with Crippen LogP contribution in [0.25, 0.3) is 0 Å². The van der Waals surface area contributed by atoms with Crippen molar-refractivity contribution in [2.24, 2.45) is 5.92 Å². The highest BCUT2D eigenvalue weighted by Gasteiger charge is 2.55. The molecule has 1 aliphatic carbocycles. The SMILES string of the molecule is COCn1c(C)nc(C)c(OC[C@@]2(c3cccc(F)c3)C[C@H]2CO)c1=O. The van der Waals surface area contributed by atoms with E-state index in [1.807, 2.05) is 6.07 Å². The number of hydrogen-bond acceptors (Lipinski definition) is 5. The van der Waals surface area contributed by atoms with Crippen molar-refractivity contribution in [1.29, 1.82) is 0 Å². The third-order valence-electron chi connectivity index (χ3n) is 5.07. The van der Waals surface area contributed by atoms with E-state index >= 15 is 0 Å². The van der Waals surface area contributed by atoms with Gasteiger partial charge in [0.15, 0.2) is 0 Å². The number of aryl methyl sites for hydroxylation is 2. The molecule has 1 aliphatic rings. The van der Waals surface area contributed by atoms with Crippen molar-refractivity contribution >= 4 is 0 Å². The molecular formula is C19H23FN2O4. The average molecular weight is 362 g/mol. The maximum absolute atomic E-state index is 13.6. The van der Waals surface area contributed by atoms with Gasteiger partial charge in [-0.25, -0.2) is 9.37 Å². The molecule has 0 spiro atoms. The molecule has 0 unspecified atom stereocenters. The summed E-state index contributed by atoms with van der Waals surface area (Å²) in [7, 11) is 1.50. The number of ether oxygens (including phenoxy) is 2.